The SMILES string of the molecule is Cc1ccc(O)c(N2C(=O)C(=O)/C(=C(\O)c3ccc4c(c3)OCCO4)C2c2ccccc2)c1. The largest absolute Gasteiger partial charge is 0.507 e. The Labute approximate surface area is 190 Å². The van der Waals surface area contributed by atoms with Crippen LogP contribution in [0.3, 0.4) is 0 Å². The van der Waals surface area contributed by atoms with Gasteiger partial charge in [-0.3, -0.25) is 14.5 Å². The lowest BCUT2D eigenvalue weighted by Gasteiger charge is -2.26. The number of phenols is 1. The lowest BCUT2D eigenvalue weighted by Crippen LogP contribution is -2.29. The van der Waals surface area contributed by atoms with E-state index < -0.39 is 17.7 Å². The fourth-order valence-electron chi connectivity index (χ4n) is 4.20. The number of hydrogen-bond acceptors (Lipinski definition) is 6. The van der Waals surface area contributed by atoms with E-state index in [1.807, 2.05) is 13.0 Å². The van der Waals surface area contributed by atoms with Crippen LogP contribution in [-0.4, -0.2) is 35.1 Å². The average Bonchev–Trinajstić information content (AvgIpc) is 3.10. The number of rotatable bonds is 3. The number of ketones is 1. The van der Waals surface area contributed by atoms with Gasteiger partial charge in [-0.15, -0.1) is 0 Å². The van der Waals surface area contributed by atoms with Crippen molar-refractivity contribution in [3.05, 3.63) is 89.0 Å². The van der Waals surface area contributed by atoms with Gasteiger partial charge in [-0.1, -0.05) is 36.4 Å². The van der Waals surface area contributed by atoms with Crippen molar-refractivity contribution in [3.8, 4) is 17.2 Å². The van der Waals surface area contributed by atoms with Crippen LogP contribution in [0.5, 0.6) is 17.2 Å². The highest BCUT2D eigenvalue weighted by Crippen LogP contribution is 2.45. The fraction of sp³-hybridized carbons (Fsp3) is 0.154. The van der Waals surface area contributed by atoms with Crippen LogP contribution in [0.15, 0.2) is 72.3 Å². The number of aliphatic hydroxyl groups excluding tert-OH is 1. The van der Waals surface area contributed by atoms with Crippen LogP contribution in [0.4, 0.5) is 5.69 Å². The van der Waals surface area contributed by atoms with Gasteiger partial charge in [-0.2, -0.15) is 0 Å². The number of benzene rings is 3. The molecule has 7 nitrogen and oxygen atoms in total. The van der Waals surface area contributed by atoms with E-state index in [2.05, 4.69) is 0 Å². The van der Waals surface area contributed by atoms with Crippen molar-refractivity contribution in [2.24, 2.45) is 0 Å². The molecule has 166 valence electrons. The summed E-state index contributed by atoms with van der Waals surface area (Å²) in [6.07, 6.45) is 0. The van der Waals surface area contributed by atoms with E-state index in [1.165, 1.54) is 11.0 Å². The Balaban J connectivity index is 1.71. The fourth-order valence-corrected chi connectivity index (χ4v) is 4.20. The number of amides is 1. The van der Waals surface area contributed by atoms with Crippen molar-refractivity contribution in [1.29, 1.82) is 0 Å². The number of Topliss-reactive ketones (excluding diaryl/α,β-unsaturated/α-hetero) is 1. The summed E-state index contributed by atoms with van der Waals surface area (Å²) < 4.78 is 11.1. The number of hydrogen-bond donors (Lipinski definition) is 2. The van der Waals surface area contributed by atoms with E-state index in [4.69, 9.17) is 9.47 Å². The van der Waals surface area contributed by atoms with Gasteiger partial charge < -0.3 is 19.7 Å². The highest BCUT2D eigenvalue weighted by molar-refractivity contribution is 6.51. The van der Waals surface area contributed by atoms with Crippen LogP contribution >= 0.6 is 0 Å². The van der Waals surface area contributed by atoms with Gasteiger partial charge >= 0.3 is 0 Å². The van der Waals surface area contributed by atoms with Crippen molar-refractivity contribution in [3.63, 3.8) is 0 Å². The quantitative estimate of drug-likeness (QED) is 0.360. The van der Waals surface area contributed by atoms with Crippen molar-refractivity contribution in [2.45, 2.75) is 13.0 Å². The molecule has 2 aliphatic heterocycles. The summed E-state index contributed by atoms with van der Waals surface area (Å²) >= 11 is 0. The smallest absolute Gasteiger partial charge is 0.300 e. The minimum absolute atomic E-state index is 0.0659. The summed E-state index contributed by atoms with van der Waals surface area (Å²) in [4.78, 5) is 27.7. The molecule has 0 spiro atoms. The molecule has 5 rings (SSSR count). The zero-order valence-corrected chi connectivity index (χ0v) is 17.8. The zero-order valence-electron chi connectivity index (χ0n) is 17.8. The molecule has 1 unspecified atom stereocenters. The topological polar surface area (TPSA) is 96.3 Å². The van der Waals surface area contributed by atoms with Gasteiger partial charge in [-0.05, 0) is 48.4 Å². The number of anilines is 1. The first kappa shape index (κ1) is 20.6. The van der Waals surface area contributed by atoms with Crippen molar-refractivity contribution in [2.75, 3.05) is 18.1 Å². The molecule has 2 aliphatic rings. The number of fused-ring (bicyclic) bond motifs is 1. The van der Waals surface area contributed by atoms with Gasteiger partial charge in [0.1, 0.15) is 24.7 Å². The molecule has 1 saturated heterocycles. The molecule has 2 heterocycles. The minimum atomic E-state index is -0.924. The van der Waals surface area contributed by atoms with Crippen molar-refractivity contribution >= 4 is 23.1 Å². The van der Waals surface area contributed by atoms with Gasteiger partial charge in [0.25, 0.3) is 11.7 Å². The maximum Gasteiger partial charge on any atom is 0.300 e. The molecule has 33 heavy (non-hydrogen) atoms. The Morgan fingerprint density at radius 3 is 2.42 bits per heavy atom. The monoisotopic (exact) mass is 443 g/mol. The zero-order chi connectivity index (χ0) is 23.1. The van der Waals surface area contributed by atoms with Crippen LogP contribution in [0.2, 0.25) is 0 Å². The summed E-state index contributed by atoms with van der Waals surface area (Å²) in [5.41, 5.74) is 1.89. The van der Waals surface area contributed by atoms with E-state index in [0.29, 0.717) is 35.8 Å². The van der Waals surface area contributed by atoms with Crippen LogP contribution in [0.1, 0.15) is 22.7 Å². The second-order valence-electron chi connectivity index (χ2n) is 7.93. The predicted molar refractivity (Wildman–Crippen MR) is 122 cm³/mol. The number of phenolic OH excluding ortho intramolecular Hbond substituents is 1. The molecule has 0 aromatic heterocycles. The molecule has 0 aliphatic carbocycles. The average molecular weight is 443 g/mol. The third-order valence-corrected chi connectivity index (χ3v) is 5.77. The molecule has 0 radical (unpaired) electrons. The van der Waals surface area contributed by atoms with E-state index in [1.54, 1.807) is 54.6 Å². The first-order valence-electron chi connectivity index (χ1n) is 10.5. The van der Waals surface area contributed by atoms with Gasteiger partial charge in [0.2, 0.25) is 0 Å². The van der Waals surface area contributed by atoms with Gasteiger partial charge in [0.15, 0.2) is 11.5 Å². The third-order valence-electron chi connectivity index (χ3n) is 5.77. The lowest BCUT2D eigenvalue weighted by atomic mass is 9.95. The second kappa shape index (κ2) is 8.02. The molecule has 2 N–H and O–H groups in total. The van der Waals surface area contributed by atoms with E-state index in [-0.39, 0.29) is 22.8 Å². The molecule has 1 amide bonds. The summed E-state index contributed by atoms with van der Waals surface area (Å²) in [6, 6.07) is 17.7. The third kappa shape index (κ3) is 3.47. The predicted octanol–water partition coefficient (Wildman–Crippen LogP) is 4.10. The highest BCUT2D eigenvalue weighted by Gasteiger charge is 2.47. The van der Waals surface area contributed by atoms with E-state index in [9.17, 15) is 19.8 Å². The first-order valence-corrected chi connectivity index (χ1v) is 10.5. The molecule has 1 atom stereocenters. The number of aryl methyl sites for hydroxylation is 1. The number of ether oxygens (including phenoxy) is 2. The summed E-state index contributed by atoms with van der Waals surface area (Å²) in [6.45, 7) is 2.63. The Morgan fingerprint density at radius 2 is 1.67 bits per heavy atom. The number of carbonyl (C=O) groups is 2. The van der Waals surface area contributed by atoms with Gasteiger partial charge in [0.05, 0.1) is 17.3 Å². The Kier molecular flexibility index (Phi) is 5.01. The number of carbonyl (C=O) groups excluding carboxylic acids is 2. The molecule has 0 bridgehead atoms. The van der Waals surface area contributed by atoms with Gasteiger partial charge in [-0.25, -0.2) is 0 Å². The van der Waals surface area contributed by atoms with Crippen molar-refractivity contribution in [1.82, 2.24) is 0 Å². The molecule has 1 fully saturated rings. The standard InChI is InChI=1S/C26H21NO6/c1-15-7-9-19(28)18(13-15)27-23(16-5-3-2-4-6-16)22(25(30)26(27)31)24(29)17-8-10-20-21(14-17)33-12-11-32-20/h2-10,13-14,23,28-29H,11-12H2,1H3/b24-22-. The van der Waals surface area contributed by atoms with Crippen LogP contribution in [0, 0.1) is 6.92 Å². The summed E-state index contributed by atoms with van der Waals surface area (Å²) in [5, 5.41) is 21.8. The minimum Gasteiger partial charge on any atom is -0.507 e. The Hall–Kier alpha value is -4.26. The maximum atomic E-state index is 13.2. The second-order valence-corrected chi connectivity index (χ2v) is 7.93. The van der Waals surface area contributed by atoms with Crippen LogP contribution < -0.4 is 14.4 Å². The van der Waals surface area contributed by atoms with Crippen LogP contribution in [0.25, 0.3) is 5.76 Å². The summed E-state index contributed by atoms with van der Waals surface area (Å²) in [5.74, 6) is -1.13. The molecular weight excluding hydrogens is 422 g/mol. The van der Waals surface area contributed by atoms with Crippen molar-refractivity contribution < 1.29 is 29.3 Å². The lowest BCUT2D eigenvalue weighted by molar-refractivity contribution is -0.132. The molecule has 3 aromatic rings. The number of aromatic hydroxyl groups is 1. The normalized spacial score (nSPS) is 19.1. The number of nitrogens with zero attached hydrogens (tertiary/aromatic N) is 1. The highest BCUT2D eigenvalue weighted by atomic mass is 16.6. The first-order chi connectivity index (χ1) is 16.0. The van der Waals surface area contributed by atoms with Gasteiger partial charge in [0, 0.05) is 5.56 Å². The molecule has 3 aromatic carbocycles. The molecule has 7 heteroatoms. The Morgan fingerprint density at radius 1 is 0.939 bits per heavy atom. The maximum absolute atomic E-state index is 13.2. The van der Waals surface area contributed by atoms with E-state index >= 15 is 0 Å². The molecule has 0 saturated carbocycles. The summed E-state index contributed by atoms with van der Waals surface area (Å²) in [7, 11) is 0. The Bertz CT molecular complexity index is 1300. The van der Waals surface area contributed by atoms with E-state index in [0.717, 1.165) is 5.56 Å². The van der Waals surface area contributed by atoms with Crippen LogP contribution in [-0.2, 0) is 9.59 Å². The number of aliphatic hydroxyl groups is 1. The molecular formula is C26H21NO6.